The number of furan rings is 1. The van der Waals surface area contributed by atoms with Gasteiger partial charge in [0.2, 0.25) is 0 Å². The topological polar surface area (TPSA) is 76.4 Å². The zero-order valence-electron chi connectivity index (χ0n) is 10.7. The van der Waals surface area contributed by atoms with Gasteiger partial charge >= 0.3 is 0 Å². The molecular formula is C13H8BrF2NO4S. The summed E-state index contributed by atoms with van der Waals surface area (Å²) in [6.45, 7) is 0. The van der Waals surface area contributed by atoms with Crippen molar-refractivity contribution in [2.75, 3.05) is 0 Å². The summed E-state index contributed by atoms with van der Waals surface area (Å²) in [6.07, 6.45) is 2.14. The molecule has 2 rings (SSSR count). The Bertz CT molecular complexity index is 845. The van der Waals surface area contributed by atoms with Crippen molar-refractivity contribution in [3.8, 4) is 0 Å². The van der Waals surface area contributed by atoms with E-state index in [1.165, 1.54) is 6.08 Å². The van der Waals surface area contributed by atoms with Crippen molar-refractivity contribution in [3.63, 3.8) is 0 Å². The second-order valence-electron chi connectivity index (χ2n) is 4.02. The predicted octanol–water partition coefficient (Wildman–Crippen LogP) is 2.84. The zero-order chi connectivity index (χ0) is 16.3. The number of benzene rings is 1. The van der Waals surface area contributed by atoms with E-state index in [0.29, 0.717) is 16.5 Å². The first-order chi connectivity index (χ1) is 10.3. The molecule has 0 spiro atoms. The van der Waals surface area contributed by atoms with Crippen LogP contribution in [0.1, 0.15) is 5.76 Å². The number of nitrogens with one attached hydrogen (secondary N) is 1. The van der Waals surface area contributed by atoms with Crippen molar-refractivity contribution in [1.82, 2.24) is 4.72 Å². The lowest BCUT2D eigenvalue weighted by Crippen LogP contribution is -2.29. The van der Waals surface area contributed by atoms with E-state index < -0.39 is 32.5 Å². The number of halogens is 3. The van der Waals surface area contributed by atoms with Gasteiger partial charge in [-0.15, -0.1) is 0 Å². The van der Waals surface area contributed by atoms with Gasteiger partial charge < -0.3 is 4.42 Å². The van der Waals surface area contributed by atoms with E-state index in [1.807, 2.05) is 0 Å². The fraction of sp³-hybridized carbons (Fsp3) is 0. The average Bonchev–Trinajstić information content (AvgIpc) is 2.81. The van der Waals surface area contributed by atoms with Crippen molar-refractivity contribution >= 4 is 37.9 Å². The van der Waals surface area contributed by atoms with Gasteiger partial charge in [0.15, 0.2) is 4.67 Å². The summed E-state index contributed by atoms with van der Waals surface area (Å²) < 4.78 is 57.0. The van der Waals surface area contributed by atoms with Crippen molar-refractivity contribution in [3.05, 3.63) is 58.5 Å². The molecule has 0 bridgehead atoms. The molecule has 0 aliphatic heterocycles. The summed E-state index contributed by atoms with van der Waals surface area (Å²) >= 11 is 3.06. The molecule has 116 valence electrons. The van der Waals surface area contributed by atoms with E-state index in [9.17, 15) is 22.0 Å². The molecule has 0 aliphatic rings. The molecule has 0 saturated carbocycles. The smallest absolute Gasteiger partial charge is 0.267 e. The first kappa shape index (κ1) is 16.4. The van der Waals surface area contributed by atoms with Crippen LogP contribution < -0.4 is 4.72 Å². The Morgan fingerprint density at radius 1 is 1.23 bits per heavy atom. The summed E-state index contributed by atoms with van der Waals surface area (Å²) in [4.78, 5) is 10.7. The summed E-state index contributed by atoms with van der Waals surface area (Å²) in [6, 6.07) is 5.05. The lowest BCUT2D eigenvalue weighted by atomic mass is 10.3. The lowest BCUT2D eigenvalue weighted by Gasteiger charge is -2.05. The molecule has 0 fully saturated rings. The van der Waals surface area contributed by atoms with Crippen LogP contribution in [0.15, 0.2) is 50.4 Å². The van der Waals surface area contributed by atoms with Crippen LogP contribution in [-0.2, 0) is 14.8 Å². The SMILES string of the molecule is O=C(/C=C/c1ccc(Br)o1)NS(=O)(=O)c1ccc(F)cc1F. The Labute approximate surface area is 132 Å². The van der Waals surface area contributed by atoms with Crippen LogP contribution in [0.5, 0.6) is 0 Å². The standard InChI is InChI=1S/C13H8BrF2NO4S/c14-12-5-2-9(21-12)3-6-13(18)17-22(19,20)11-4-1-8(15)7-10(11)16/h1-7H,(H,17,18)/b6-3+. The minimum absolute atomic E-state index is 0.312. The van der Waals surface area contributed by atoms with Crippen LogP contribution in [0, 0.1) is 11.6 Å². The second-order valence-corrected chi connectivity index (χ2v) is 6.45. The van der Waals surface area contributed by atoms with Crippen LogP contribution in [0.3, 0.4) is 0 Å². The summed E-state index contributed by atoms with van der Waals surface area (Å²) in [5.74, 6) is -2.91. The molecule has 0 aliphatic carbocycles. The Morgan fingerprint density at radius 3 is 2.55 bits per heavy atom. The van der Waals surface area contributed by atoms with Crippen LogP contribution in [0.2, 0.25) is 0 Å². The highest BCUT2D eigenvalue weighted by atomic mass is 79.9. The second kappa shape index (κ2) is 6.41. The maximum Gasteiger partial charge on any atom is 0.267 e. The number of carbonyl (C=O) groups is 1. The van der Waals surface area contributed by atoms with E-state index in [4.69, 9.17) is 4.42 Å². The molecule has 1 heterocycles. The van der Waals surface area contributed by atoms with Crippen molar-refractivity contribution < 1.29 is 26.4 Å². The van der Waals surface area contributed by atoms with Crippen molar-refractivity contribution in [2.24, 2.45) is 0 Å². The number of sulfonamides is 1. The highest BCUT2D eigenvalue weighted by molar-refractivity contribution is 9.10. The van der Waals surface area contributed by atoms with Gasteiger partial charge in [-0.3, -0.25) is 4.79 Å². The number of rotatable bonds is 4. The molecule has 5 nitrogen and oxygen atoms in total. The molecule has 9 heteroatoms. The number of hydrogen-bond acceptors (Lipinski definition) is 4. The molecule has 0 atom stereocenters. The zero-order valence-corrected chi connectivity index (χ0v) is 13.1. The number of hydrogen-bond donors (Lipinski definition) is 1. The third-order valence-electron chi connectivity index (χ3n) is 2.41. The van der Waals surface area contributed by atoms with E-state index >= 15 is 0 Å². The molecule has 0 unspecified atom stereocenters. The molecule has 1 aromatic carbocycles. The molecule has 22 heavy (non-hydrogen) atoms. The fourth-order valence-corrected chi connectivity index (χ4v) is 2.82. The molecule has 0 radical (unpaired) electrons. The molecule has 2 aromatic rings. The molecule has 1 N–H and O–H groups in total. The van der Waals surface area contributed by atoms with Gasteiger partial charge in [0.1, 0.15) is 22.3 Å². The Kier molecular flexibility index (Phi) is 4.77. The van der Waals surface area contributed by atoms with Gasteiger partial charge in [-0.25, -0.2) is 21.9 Å². The average molecular weight is 392 g/mol. The Balaban J connectivity index is 2.14. The van der Waals surface area contributed by atoms with Gasteiger partial charge in [-0.1, -0.05) is 0 Å². The number of carbonyl (C=O) groups excluding carboxylic acids is 1. The summed E-state index contributed by atoms with van der Waals surface area (Å²) in [7, 11) is -4.44. The van der Waals surface area contributed by atoms with Gasteiger partial charge in [0.25, 0.3) is 15.9 Å². The largest absolute Gasteiger partial charge is 0.450 e. The molecule has 1 aromatic heterocycles. The minimum Gasteiger partial charge on any atom is -0.450 e. The fourth-order valence-electron chi connectivity index (χ4n) is 1.49. The van der Waals surface area contributed by atoms with Crippen LogP contribution in [0.25, 0.3) is 6.08 Å². The van der Waals surface area contributed by atoms with Crippen LogP contribution in [0.4, 0.5) is 8.78 Å². The van der Waals surface area contributed by atoms with Crippen LogP contribution in [-0.4, -0.2) is 14.3 Å². The highest BCUT2D eigenvalue weighted by Crippen LogP contribution is 2.16. The third kappa shape index (κ3) is 4.01. The van der Waals surface area contributed by atoms with Gasteiger partial charge in [0, 0.05) is 12.1 Å². The summed E-state index contributed by atoms with van der Waals surface area (Å²) in [5, 5.41) is 0. The van der Waals surface area contributed by atoms with E-state index in [2.05, 4.69) is 15.9 Å². The normalized spacial score (nSPS) is 11.8. The quantitative estimate of drug-likeness (QED) is 0.812. The minimum atomic E-state index is -4.44. The molecule has 1 amide bonds. The Morgan fingerprint density at radius 2 is 1.95 bits per heavy atom. The predicted molar refractivity (Wildman–Crippen MR) is 77.1 cm³/mol. The lowest BCUT2D eigenvalue weighted by molar-refractivity contribution is -0.114. The first-order valence-electron chi connectivity index (χ1n) is 5.73. The highest BCUT2D eigenvalue weighted by Gasteiger charge is 2.21. The maximum atomic E-state index is 13.4. The van der Waals surface area contributed by atoms with Gasteiger partial charge in [-0.05, 0) is 46.3 Å². The Hall–Kier alpha value is -2.00. The number of amides is 1. The summed E-state index contributed by atoms with van der Waals surface area (Å²) in [5.41, 5.74) is 0. The molecule has 0 saturated heterocycles. The third-order valence-corrected chi connectivity index (χ3v) is 4.22. The maximum absolute atomic E-state index is 13.4. The first-order valence-corrected chi connectivity index (χ1v) is 8.01. The van der Waals surface area contributed by atoms with E-state index in [0.717, 1.165) is 18.2 Å². The van der Waals surface area contributed by atoms with Crippen molar-refractivity contribution in [1.29, 1.82) is 0 Å². The van der Waals surface area contributed by atoms with E-state index in [1.54, 1.807) is 16.9 Å². The van der Waals surface area contributed by atoms with Crippen LogP contribution >= 0.6 is 15.9 Å². The molecular weight excluding hydrogens is 384 g/mol. The van der Waals surface area contributed by atoms with Gasteiger partial charge in [0.05, 0.1) is 0 Å². The monoisotopic (exact) mass is 391 g/mol. The van der Waals surface area contributed by atoms with Gasteiger partial charge in [-0.2, -0.15) is 0 Å². The van der Waals surface area contributed by atoms with E-state index in [-0.39, 0.29) is 0 Å². The van der Waals surface area contributed by atoms with Crippen molar-refractivity contribution in [2.45, 2.75) is 4.90 Å².